The standard InChI is InChI=1S/C15H24N2O5/c1-14(2,3)22-13(19)9(6-16)17-7-11-12(10(17)8-18)21-15(4,5)20-11/h9-12,18H,7-8H2,1-5H3/t9-,10+,11-,12+/m0/s1. The van der Waals surface area contributed by atoms with Crippen molar-refractivity contribution < 1.29 is 24.1 Å². The molecule has 7 heteroatoms. The number of aliphatic hydroxyl groups is 1. The second-order valence-electron chi connectivity index (χ2n) is 7.15. The van der Waals surface area contributed by atoms with Crippen LogP contribution < -0.4 is 0 Å². The number of esters is 1. The number of nitriles is 1. The summed E-state index contributed by atoms with van der Waals surface area (Å²) in [6, 6.07) is 0.415. The molecule has 4 atom stereocenters. The SMILES string of the molecule is CC(C)(C)OC(=O)[C@H](C#N)N1C[C@@H]2OC(C)(C)O[C@@H]2[C@H]1CO. The van der Waals surface area contributed by atoms with E-state index in [4.69, 9.17) is 14.2 Å². The molecule has 0 aliphatic carbocycles. The van der Waals surface area contributed by atoms with E-state index in [2.05, 4.69) is 0 Å². The molecule has 22 heavy (non-hydrogen) atoms. The van der Waals surface area contributed by atoms with Crippen molar-refractivity contribution in [1.29, 1.82) is 5.26 Å². The zero-order valence-corrected chi connectivity index (χ0v) is 13.7. The molecule has 1 N–H and O–H groups in total. The van der Waals surface area contributed by atoms with E-state index in [0.29, 0.717) is 6.54 Å². The average molecular weight is 312 g/mol. The zero-order valence-electron chi connectivity index (χ0n) is 13.7. The van der Waals surface area contributed by atoms with Gasteiger partial charge in [-0.05, 0) is 34.6 Å². The predicted molar refractivity (Wildman–Crippen MR) is 76.7 cm³/mol. The van der Waals surface area contributed by atoms with E-state index in [1.54, 1.807) is 39.5 Å². The number of ether oxygens (including phenoxy) is 3. The molecule has 0 radical (unpaired) electrons. The average Bonchev–Trinajstić information content (AvgIpc) is 2.79. The summed E-state index contributed by atoms with van der Waals surface area (Å²) in [5.41, 5.74) is -0.675. The van der Waals surface area contributed by atoms with Crippen LogP contribution in [0.15, 0.2) is 0 Å². The van der Waals surface area contributed by atoms with Gasteiger partial charge in [0, 0.05) is 6.54 Å². The summed E-state index contributed by atoms with van der Waals surface area (Å²) < 4.78 is 16.9. The number of rotatable bonds is 3. The van der Waals surface area contributed by atoms with Gasteiger partial charge in [0.05, 0.1) is 18.7 Å². The first-order valence-electron chi connectivity index (χ1n) is 7.42. The quantitative estimate of drug-likeness (QED) is 0.755. The number of fused-ring (bicyclic) bond motifs is 1. The highest BCUT2D eigenvalue weighted by molar-refractivity contribution is 5.79. The number of carbonyl (C=O) groups excluding carboxylic acids is 1. The molecule has 2 fully saturated rings. The Morgan fingerprint density at radius 2 is 2.14 bits per heavy atom. The number of nitrogens with zero attached hydrogens (tertiary/aromatic N) is 2. The van der Waals surface area contributed by atoms with E-state index in [-0.39, 0.29) is 18.8 Å². The second kappa shape index (κ2) is 5.78. The highest BCUT2D eigenvalue weighted by atomic mass is 16.8. The van der Waals surface area contributed by atoms with Crippen LogP contribution in [-0.4, -0.2) is 64.8 Å². The predicted octanol–water partition coefficient (Wildman–Crippen LogP) is 0.417. The van der Waals surface area contributed by atoms with Crippen LogP contribution in [0, 0.1) is 11.3 Å². The van der Waals surface area contributed by atoms with Gasteiger partial charge in [-0.3, -0.25) is 4.90 Å². The third-order valence-electron chi connectivity index (χ3n) is 3.69. The molecular formula is C15H24N2O5. The number of hydrogen-bond acceptors (Lipinski definition) is 7. The summed E-state index contributed by atoms with van der Waals surface area (Å²) in [5, 5.41) is 19.1. The molecule has 0 amide bonds. The minimum Gasteiger partial charge on any atom is -0.458 e. The van der Waals surface area contributed by atoms with Crippen LogP contribution in [0.3, 0.4) is 0 Å². The van der Waals surface area contributed by atoms with Crippen LogP contribution in [0.2, 0.25) is 0 Å². The molecule has 2 saturated heterocycles. The van der Waals surface area contributed by atoms with Crippen molar-refractivity contribution >= 4 is 5.97 Å². The molecule has 0 aromatic heterocycles. The van der Waals surface area contributed by atoms with Gasteiger partial charge < -0.3 is 19.3 Å². The van der Waals surface area contributed by atoms with Gasteiger partial charge in [-0.1, -0.05) is 0 Å². The highest BCUT2D eigenvalue weighted by Gasteiger charge is 2.55. The van der Waals surface area contributed by atoms with Gasteiger partial charge in [0.25, 0.3) is 0 Å². The van der Waals surface area contributed by atoms with Crippen molar-refractivity contribution in [3.05, 3.63) is 0 Å². The Morgan fingerprint density at radius 3 is 2.64 bits per heavy atom. The van der Waals surface area contributed by atoms with Crippen molar-refractivity contribution in [3.8, 4) is 6.07 Å². The van der Waals surface area contributed by atoms with Gasteiger partial charge in [0.15, 0.2) is 11.8 Å². The molecule has 7 nitrogen and oxygen atoms in total. The number of aliphatic hydroxyl groups excluding tert-OH is 1. The van der Waals surface area contributed by atoms with Crippen molar-refractivity contribution in [1.82, 2.24) is 4.90 Å². The molecule has 0 aromatic carbocycles. The van der Waals surface area contributed by atoms with Gasteiger partial charge in [-0.2, -0.15) is 5.26 Å². The Balaban J connectivity index is 2.15. The molecule has 0 bridgehead atoms. The number of likely N-dealkylation sites (tertiary alicyclic amines) is 1. The summed E-state index contributed by atoms with van der Waals surface area (Å²) >= 11 is 0. The first kappa shape index (κ1) is 17.2. The monoisotopic (exact) mass is 312 g/mol. The lowest BCUT2D eigenvalue weighted by molar-refractivity contribution is -0.172. The fourth-order valence-electron chi connectivity index (χ4n) is 2.99. The van der Waals surface area contributed by atoms with Crippen LogP contribution in [0.25, 0.3) is 0 Å². The maximum Gasteiger partial charge on any atom is 0.338 e. The van der Waals surface area contributed by atoms with Crippen molar-refractivity contribution in [3.63, 3.8) is 0 Å². The molecule has 2 heterocycles. The van der Waals surface area contributed by atoms with Gasteiger partial charge in [0.2, 0.25) is 0 Å². The lowest BCUT2D eigenvalue weighted by Crippen LogP contribution is -2.50. The molecule has 2 aliphatic heterocycles. The molecule has 124 valence electrons. The maximum absolute atomic E-state index is 12.2. The second-order valence-corrected chi connectivity index (χ2v) is 7.15. The van der Waals surface area contributed by atoms with Gasteiger partial charge >= 0.3 is 5.97 Å². The summed E-state index contributed by atoms with van der Waals surface area (Å²) in [5.74, 6) is -1.34. The van der Waals surface area contributed by atoms with Crippen LogP contribution in [0.1, 0.15) is 34.6 Å². The lowest BCUT2D eigenvalue weighted by Gasteiger charge is -2.31. The van der Waals surface area contributed by atoms with Gasteiger partial charge in [-0.25, -0.2) is 4.79 Å². The Kier molecular flexibility index (Phi) is 4.51. The third-order valence-corrected chi connectivity index (χ3v) is 3.69. The minimum atomic E-state index is -1.09. The van der Waals surface area contributed by atoms with E-state index >= 15 is 0 Å². The van der Waals surface area contributed by atoms with Crippen LogP contribution in [0.4, 0.5) is 0 Å². The molecule has 2 aliphatic rings. The van der Waals surface area contributed by atoms with Gasteiger partial charge in [-0.15, -0.1) is 0 Å². The normalized spacial score (nSPS) is 32.3. The first-order valence-corrected chi connectivity index (χ1v) is 7.42. The third kappa shape index (κ3) is 3.41. The van der Waals surface area contributed by atoms with E-state index in [0.717, 1.165) is 0 Å². The Hall–Kier alpha value is -1.20. The topological polar surface area (TPSA) is 92.0 Å². The van der Waals surface area contributed by atoms with Crippen molar-refractivity contribution in [2.75, 3.05) is 13.2 Å². The molecule has 0 aromatic rings. The molecule has 0 spiro atoms. The van der Waals surface area contributed by atoms with Crippen LogP contribution in [-0.2, 0) is 19.0 Å². The Bertz CT molecular complexity index is 479. The minimum absolute atomic E-state index is 0.221. The van der Waals surface area contributed by atoms with Crippen molar-refractivity contribution in [2.45, 2.75) is 70.3 Å². The number of hydrogen-bond donors (Lipinski definition) is 1. The van der Waals surface area contributed by atoms with E-state index < -0.39 is 29.4 Å². The molecule has 0 unspecified atom stereocenters. The van der Waals surface area contributed by atoms with Crippen LogP contribution >= 0.6 is 0 Å². The van der Waals surface area contributed by atoms with E-state index in [9.17, 15) is 15.2 Å². The fraction of sp³-hybridized carbons (Fsp3) is 0.867. The van der Waals surface area contributed by atoms with E-state index in [1.165, 1.54) is 0 Å². The first-order chi connectivity index (χ1) is 10.1. The summed E-state index contributed by atoms with van der Waals surface area (Å²) in [6.45, 7) is 8.97. The zero-order chi connectivity index (χ0) is 16.7. The smallest absolute Gasteiger partial charge is 0.338 e. The summed E-state index contributed by atoms with van der Waals surface area (Å²) in [4.78, 5) is 13.8. The van der Waals surface area contributed by atoms with E-state index in [1.807, 2.05) is 6.07 Å². The molecular weight excluding hydrogens is 288 g/mol. The highest BCUT2D eigenvalue weighted by Crippen LogP contribution is 2.37. The Morgan fingerprint density at radius 1 is 1.50 bits per heavy atom. The summed E-state index contributed by atoms with van der Waals surface area (Å²) in [6.07, 6.45) is -0.635. The largest absolute Gasteiger partial charge is 0.458 e. The van der Waals surface area contributed by atoms with Crippen molar-refractivity contribution in [2.24, 2.45) is 0 Å². The fourth-order valence-corrected chi connectivity index (χ4v) is 2.99. The Labute approximate surface area is 130 Å². The lowest BCUT2D eigenvalue weighted by atomic mass is 10.1. The van der Waals surface area contributed by atoms with Gasteiger partial charge in [0.1, 0.15) is 17.8 Å². The number of carbonyl (C=O) groups is 1. The van der Waals surface area contributed by atoms with Crippen LogP contribution in [0.5, 0.6) is 0 Å². The summed E-state index contributed by atoms with van der Waals surface area (Å²) in [7, 11) is 0. The molecule has 0 saturated carbocycles. The molecule has 2 rings (SSSR count). The maximum atomic E-state index is 12.2.